The summed E-state index contributed by atoms with van der Waals surface area (Å²) in [5.41, 5.74) is 0.305. The molecule has 1 rings (SSSR count). The molecule has 0 unspecified atom stereocenters. The van der Waals surface area contributed by atoms with Crippen LogP contribution < -0.4 is 0 Å². The smallest absolute Gasteiger partial charge is 0.363 e. The zero-order valence-corrected chi connectivity index (χ0v) is 5.60. The molecule has 5 heteroatoms. The van der Waals surface area contributed by atoms with Crippen molar-refractivity contribution in [3.63, 3.8) is 0 Å². The number of aliphatic hydroxyl groups excluding tert-OH is 1. The molecule has 1 heterocycles. The van der Waals surface area contributed by atoms with Gasteiger partial charge in [0, 0.05) is 6.07 Å². The molecule has 5 nitrogen and oxygen atoms in total. The molecule has 11 heavy (non-hydrogen) atoms. The van der Waals surface area contributed by atoms with Crippen molar-refractivity contribution in [1.82, 2.24) is 4.98 Å². The highest BCUT2D eigenvalue weighted by Gasteiger charge is 2.07. The van der Waals surface area contributed by atoms with E-state index in [1.807, 2.05) is 0 Å². The number of pyridine rings is 1. The van der Waals surface area contributed by atoms with Gasteiger partial charge < -0.3 is 15.2 Å². The topological polar surface area (TPSA) is 76.3 Å². The molecule has 0 aliphatic carbocycles. The number of nitro groups is 1. The number of aromatic nitrogens is 1. The number of nitrogens with zero attached hydrogens (tertiary/aromatic N) is 2. The summed E-state index contributed by atoms with van der Waals surface area (Å²) in [5.74, 6) is -0.239. The minimum atomic E-state index is -0.598. The van der Waals surface area contributed by atoms with Crippen LogP contribution >= 0.6 is 0 Å². The zero-order valence-electron chi connectivity index (χ0n) is 5.60. The fraction of sp³-hybridized carbons (Fsp3) is 0.167. The summed E-state index contributed by atoms with van der Waals surface area (Å²) < 4.78 is 0. The predicted octanol–water partition coefficient (Wildman–Crippen LogP) is 0.482. The van der Waals surface area contributed by atoms with E-state index in [9.17, 15) is 10.1 Å². The van der Waals surface area contributed by atoms with Crippen molar-refractivity contribution in [2.45, 2.75) is 6.61 Å². The Morgan fingerprint density at radius 2 is 2.36 bits per heavy atom. The third kappa shape index (κ3) is 1.71. The molecule has 0 saturated heterocycles. The van der Waals surface area contributed by atoms with E-state index in [4.69, 9.17) is 5.11 Å². The number of aliphatic hydroxyl groups is 1. The molecule has 0 atom stereocenters. The van der Waals surface area contributed by atoms with Crippen LogP contribution in [0.15, 0.2) is 18.2 Å². The average molecular weight is 154 g/mol. The van der Waals surface area contributed by atoms with Crippen molar-refractivity contribution >= 4 is 5.82 Å². The lowest BCUT2D eigenvalue weighted by Crippen LogP contribution is -1.95. The van der Waals surface area contributed by atoms with Crippen LogP contribution in [0.3, 0.4) is 0 Å². The van der Waals surface area contributed by atoms with Gasteiger partial charge in [-0.05, 0) is 22.0 Å². The molecule has 1 N–H and O–H groups in total. The molecule has 0 bridgehead atoms. The molecule has 1 aromatic heterocycles. The third-order valence-corrected chi connectivity index (χ3v) is 1.14. The van der Waals surface area contributed by atoms with E-state index in [-0.39, 0.29) is 12.4 Å². The van der Waals surface area contributed by atoms with Gasteiger partial charge in [0.15, 0.2) is 5.69 Å². The Bertz CT molecular complexity index is 274. The maximum atomic E-state index is 10.1. The van der Waals surface area contributed by atoms with Crippen molar-refractivity contribution < 1.29 is 10.0 Å². The van der Waals surface area contributed by atoms with Crippen molar-refractivity contribution in [3.05, 3.63) is 34.0 Å². The van der Waals surface area contributed by atoms with Gasteiger partial charge in [-0.1, -0.05) is 0 Å². The first-order chi connectivity index (χ1) is 5.24. The van der Waals surface area contributed by atoms with Crippen LogP contribution in [-0.4, -0.2) is 15.0 Å². The van der Waals surface area contributed by atoms with Crippen molar-refractivity contribution in [3.8, 4) is 0 Å². The molecule has 0 amide bonds. The highest BCUT2D eigenvalue weighted by Crippen LogP contribution is 2.06. The van der Waals surface area contributed by atoms with Crippen molar-refractivity contribution in [2.24, 2.45) is 0 Å². The van der Waals surface area contributed by atoms with Crippen molar-refractivity contribution in [1.29, 1.82) is 0 Å². The second kappa shape index (κ2) is 3.07. The van der Waals surface area contributed by atoms with Crippen LogP contribution in [0, 0.1) is 10.1 Å². The Balaban J connectivity index is 3.01. The van der Waals surface area contributed by atoms with Crippen LogP contribution in [0.1, 0.15) is 5.69 Å². The van der Waals surface area contributed by atoms with E-state index in [1.54, 1.807) is 0 Å². The summed E-state index contributed by atoms with van der Waals surface area (Å²) in [6.45, 7) is -0.276. The lowest BCUT2D eigenvalue weighted by atomic mass is 10.3. The van der Waals surface area contributed by atoms with E-state index in [1.165, 1.54) is 18.2 Å². The Morgan fingerprint density at radius 1 is 1.64 bits per heavy atom. The summed E-state index contributed by atoms with van der Waals surface area (Å²) in [6, 6.07) is 4.28. The van der Waals surface area contributed by atoms with Gasteiger partial charge in [0.2, 0.25) is 0 Å². The largest absolute Gasteiger partial charge is 0.388 e. The fourth-order valence-corrected chi connectivity index (χ4v) is 0.657. The van der Waals surface area contributed by atoms with E-state index in [0.717, 1.165) is 0 Å². The summed E-state index contributed by atoms with van der Waals surface area (Å²) in [7, 11) is 0. The molecule has 1 aromatic rings. The summed E-state index contributed by atoms with van der Waals surface area (Å²) in [4.78, 5) is 13.1. The van der Waals surface area contributed by atoms with Crippen LogP contribution in [0.2, 0.25) is 0 Å². The third-order valence-electron chi connectivity index (χ3n) is 1.14. The molecular formula is C6H6N2O3. The lowest BCUT2D eigenvalue weighted by molar-refractivity contribution is -0.389. The minimum Gasteiger partial charge on any atom is -0.388 e. The Hall–Kier alpha value is -1.49. The summed E-state index contributed by atoms with van der Waals surface area (Å²) in [5, 5.41) is 18.7. The average Bonchev–Trinajstić information content (AvgIpc) is 2.05. The van der Waals surface area contributed by atoms with E-state index in [0.29, 0.717) is 5.69 Å². The Kier molecular flexibility index (Phi) is 2.12. The molecule has 0 aliphatic rings. The summed E-state index contributed by atoms with van der Waals surface area (Å²) >= 11 is 0. The monoisotopic (exact) mass is 154 g/mol. The first kappa shape index (κ1) is 7.62. The first-order valence-corrected chi connectivity index (χ1v) is 2.95. The standard InChI is InChI=1S/C6H6N2O3/c9-4-5-2-1-3-6(7-5)8(10)11/h1-3,9H,4H2. The molecular weight excluding hydrogens is 148 g/mol. The van der Waals surface area contributed by atoms with Gasteiger partial charge in [-0.25, -0.2) is 0 Å². The maximum Gasteiger partial charge on any atom is 0.363 e. The Labute approximate surface area is 62.5 Å². The van der Waals surface area contributed by atoms with Gasteiger partial charge >= 0.3 is 5.82 Å². The zero-order chi connectivity index (χ0) is 8.27. The van der Waals surface area contributed by atoms with E-state index < -0.39 is 4.92 Å². The minimum absolute atomic E-state index is 0.239. The van der Waals surface area contributed by atoms with Crippen LogP contribution in [-0.2, 0) is 6.61 Å². The first-order valence-electron chi connectivity index (χ1n) is 2.95. The molecule has 58 valence electrons. The van der Waals surface area contributed by atoms with Gasteiger partial charge in [0.05, 0.1) is 0 Å². The SMILES string of the molecule is O=[N+]([O-])c1cccc(CO)n1. The van der Waals surface area contributed by atoms with E-state index in [2.05, 4.69) is 4.98 Å². The Morgan fingerprint density at radius 3 is 2.91 bits per heavy atom. The number of hydrogen-bond acceptors (Lipinski definition) is 4. The van der Waals surface area contributed by atoms with Gasteiger partial charge in [-0.2, -0.15) is 0 Å². The molecule has 0 aromatic carbocycles. The molecule has 0 fully saturated rings. The molecule has 0 aliphatic heterocycles. The molecule has 0 radical (unpaired) electrons. The fourth-order valence-electron chi connectivity index (χ4n) is 0.657. The van der Waals surface area contributed by atoms with Gasteiger partial charge in [-0.15, -0.1) is 0 Å². The van der Waals surface area contributed by atoms with Crippen LogP contribution in [0.25, 0.3) is 0 Å². The highest BCUT2D eigenvalue weighted by atomic mass is 16.6. The lowest BCUT2D eigenvalue weighted by Gasteiger charge is -1.91. The molecule has 0 spiro atoms. The number of rotatable bonds is 2. The van der Waals surface area contributed by atoms with Gasteiger partial charge in [0.25, 0.3) is 0 Å². The predicted molar refractivity (Wildman–Crippen MR) is 36.8 cm³/mol. The maximum absolute atomic E-state index is 10.1. The van der Waals surface area contributed by atoms with Crippen LogP contribution in [0.5, 0.6) is 0 Å². The normalized spacial score (nSPS) is 9.55. The quantitative estimate of drug-likeness (QED) is 0.496. The second-order valence-electron chi connectivity index (χ2n) is 1.90. The molecule has 0 saturated carbocycles. The van der Waals surface area contributed by atoms with Gasteiger partial charge in [-0.3, -0.25) is 0 Å². The number of hydrogen-bond donors (Lipinski definition) is 1. The van der Waals surface area contributed by atoms with Crippen molar-refractivity contribution in [2.75, 3.05) is 0 Å². The highest BCUT2D eigenvalue weighted by molar-refractivity contribution is 5.20. The van der Waals surface area contributed by atoms with E-state index >= 15 is 0 Å². The van der Waals surface area contributed by atoms with Crippen LogP contribution in [0.4, 0.5) is 5.82 Å². The van der Waals surface area contributed by atoms with Gasteiger partial charge in [0.1, 0.15) is 6.61 Å². The second-order valence-corrected chi connectivity index (χ2v) is 1.90. The summed E-state index contributed by atoms with van der Waals surface area (Å²) in [6.07, 6.45) is 0.